The number of aliphatic hydroxyl groups is 1. The first-order valence-corrected chi connectivity index (χ1v) is 8.87. The molecule has 3 rings (SSSR count). The number of nitrogens with one attached hydrogen (secondary N) is 2. The smallest absolute Gasteiger partial charge is 0.328 e. The maximum Gasteiger partial charge on any atom is 0.328 e. The summed E-state index contributed by atoms with van der Waals surface area (Å²) in [4.78, 5) is 23.2. The highest BCUT2D eigenvalue weighted by Crippen LogP contribution is 2.16. The number of aliphatic hydroxyl groups excluding tert-OH is 1. The van der Waals surface area contributed by atoms with E-state index < -0.39 is 24.0 Å². The zero-order valence-corrected chi connectivity index (χ0v) is 15.6. The minimum Gasteiger partial charge on any atom is -0.480 e. The van der Waals surface area contributed by atoms with Crippen LogP contribution in [0.25, 0.3) is 11.3 Å². The molecule has 1 amide bonds. The van der Waals surface area contributed by atoms with Crippen LogP contribution in [0.2, 0.25) is 0 Å². The SMILES string of the molecule is C[C@@H](O)[C@H](NC(=O)c1ccc(C#Cc2ccc(-c3ccn[nH]3)cc2)cc1)C(=O)O. The normalized spacial score (nSPS) is 12.3. The maximum atomic E-state index is 12.2. The highest BCUT2D eigenvalue weighted by Gasteiger charge is 2.25. The first kappa shape index (κ1) is 19.9. The van der Waals surface area contributed by atoms with Crippen LogP contribution < -0.4 is 5.32 Å². The van der Waals surface area contributed by atoms with E-state index in [2.05, 4.69) is 27.4 Å². The van der Waals surface area contributed by atoms with Gasteiger partial charge >= 0.3 is 5.97 Å². The van der Waals surface area contributed by atoms with Crippen molar-refractivity contribution in [3.63, 3.8) is 0 Å². The van der Waals surface area contributed by atoms with Crippen LogP contribution in [0.4, 0.5) is 0 Å². The predicted molar refractivity (Wildman–Crippen MR) is 107 cm³/mol. The quantitative estimate of drug-likeness (QED) is 0.499. The molecule has 2 atom stereocenters. The molecule has 2 aromatic carbocycles. The second kappa shape index (κ2) is 8.87. The van der Waals surface area contributed by atoms with E-state index in [1.807, 2.05) is 30.3 Å². The zero-order chi connectivity index (χ0) is 20.8. The molecular formula is C22H19N3O4. The van der Waals surface area contributed by atoms with Crippen molar-refractivity contribution in [1.29, 1.82) is 0 Å². The molecule has 0 saturated heterocycles. The second-order valence-electron chi connectivity index (χ2n) is 6.40. The van der Waals surface area contributed by atoms with Gasteiger partial charge in [0.1, 0.15) is 0 Å². The van der Waals surface area contributed by atoms with Crippen molar-refractivity contribution in [2.45, 2.75) is 19.1 Å². The van der Waals surface area contributed by atoms with Crippen molar-refractivity contribution < 1.29 is 19.8 Å². The summed E-state index contributed by atoms with van der Waals surface area (Å²) in [6.45, 7) is 1.30. The number of aromatic amines is 1. The molecule has 0 fully saturated rings. The molecule has 0 aliphatic carbocycles. The molecule has 0 bridgehead atoms. The molecule has 7 heteroatoms. The van der Waals surface area contributed by atoms with Gasteiger partial charge in [-0.3, -0.25) is 9.89 Å². The number of amides is 1. The van der Waals surface area contributed by atoms with Crippen molar-refractivity contribution in [2.24, 2.45) is 0 Å². The molecule has 0 aliphatic heterocycles. The Morgan fingerprint density at radius 2 is 1.59 bits per heavy atom. The van der Waals surface area contributed by atoms with E-state index in [1.54, 1.807) is 30.5 Å². The minimum atomic E-state index is -1.37. The molecule has 0 saturated carbocycles. The molecule has 29 heavy (non-hydrogen) atoms. The lowest BCUT2D eigenvalue weighted by Crippen LogP contribution is -2.47. The van der Waals surface area contributed by atoms with Crippen LogP contribution in [0.3, 0.4) is 0 Å². The topological polar surface area (TPSA) is 115 Å². The first-order chi connectivity index (χ1) is 13.9. The molecule has 1 heterocycles. The van der Waals surface area contributed by atoms with E-state index in [4.69, 9.17) is 5.11 Å². The summed E-state index contributed by atoms with van der Waals surface area (Å²) in [5.41, 5.74) is 3.78. The summed E-state index contributed by atoms with van der Waals surface area (Å²) in [6, 6.07) is 14.7. The van der Waals surface area contributed by atoms with E-state index in [0.717, 1.165) is 16.8 Å². The van der Waals surface area contributed by atoms with Crippen LogP contribution in [0.1, 0.15) is 28.4 Å². The Balaban J connectivity index is 1.67. The summed E-state index contributed by atoms with van der Waals surface area (Å²) in [7, 11) is 0. The molecular weight excluding hydrogens is 370 g/mol. The third-order valence-electron chi connectivity index (χ3n) is 4.23. The Labute approximate surface area is 167 Å². The predicted octanol–water partition coefficient (Wildman–Crippen LogP) is 2.04. The number of benzene rings is 2. The molecule has 146 valence electrons. The molecule has 0 spiro atoms. The number of hydrogen-bond acceptors (Lipinski definition) is 4. The summed E-state index contributed by atoms with van der Waals surface area (Å²) in [5, 5.41) is 27.6. The van der Waals surface area contributed by atoms with E-state index in [-0.39, 0.29) is 5.56 Å². The molecule has 0 unspecified atom stereocenters. The third kappa shape index (κ3) is 5.09. The van der Waals surface area contributed by atoms with Crippen molar-refractivity contribution in [2.75, 3.05) is 0 Å². The standard InChI is InChI=1S/C22H19N3O4/c1-14(26)20(22(28)29)24-21(27)18-10-6-16(7-11-18)3-2-15-4-8-17(9-5-15)19-12-13-23-25-19/h4-14,20,26H,1H3,(H,23,25)(H,24,27)(H,28,29)/t14-,20+/m1/s1. The van der Waals surface area contributed by atoms with Gasteiger partial charge in [0.15, 0.2) is 6.04 Å². The Kier molecular flexibility index (Phi) is 6.07. The summed E-state index contributed by atoms with van der Waals surface area (Å²) < 4.78 is 0. The lowest BCUT2D eigenvalue weighted by molar-refractivity contribution is -0.141. The highest BCUT2D eigenvalue weighted by molar-refractivity contribution is 5.96. The number of carboxylic acids is 1. The number of carboxylic acid groups (broad SMARTS) is 1. The minimum absolute atomic E-state index is 0.284. The largest absolute Gasteiger partial charge is 0.480 e. The van der Waals surface area contributed by atoms with Crippen LogP contribution in [-0.4, -0.2) is 44.4 Å². The van der Waals surface area contributed by atoms with Gasteiger partial charge in [0, 0.05) is 22.9 Å². The van der Waals surface area contributed by atoms with Gasteiger partial charge < -0.3 is 15.5 Å². The zero-order valence-electron chi connectivity index (χ0n) is 15.6. The maximum absolute atomic E-state index is 12.2. The second-order valence-corrected chi connectivity index (χ2v) is 6.40. The molecule has 1 aromatic heterocycles. The molecule has 7 nitrogen and oxygen atoms in total. The number of hydrogen-bond donors (Lipinski definition) is 4. The van der Waals surface area contributed by atoms with Gasteiger partial charge in [-0.25, -0.2) is 4.79 Å². The van der Waals surface area contributed by atoms with Gasteiger partial charge in [0.2, 0.25) is 0 Å². The average molecular weight is 389 g/mol. The Hall–Kier alpha value is -3.89. The Morgan fingerprint density at radius 1 is 1.00 bits per heavy atom. The number of carbonyl (C=O) groups is 2. The fourth-order valence-corrected chi connectivity index (χ4v) is 2.61. The Morgan fingerprint density at radius 3 is 2.07 bits per heavy atom. The number of nitrogens with zero attached hydrogens (tertiary/aromatic N) is 1. The van der Waals surface area contributed by atoms with E-state index in [1.165, 1.54) is 6.92 Å². The van der Waals surface area contributed by atoms with Crippen molar-refractivity contribution in [1.82, 2.24) is 15.5 Å². The van der Waals surface area contributed by atoms with Gasteiger partial charge in [-0.15, -0.1) is 0 Å². The molecule has 0 radical (unpaired) electrons. The van der Waals surface area contributed by atoms with Crippen LogP contribution in [-0.2, 0) is 4.79 Å². The number of carbonyl (C=O) groups excluding carboxylic acids is 1. The monoisotopic (exact) mass is 389 g/mol. The van der Waals surface area contributed by atoms with E-state index in [9.17, 15) is 14.7 Å². The number of aliphatic carboxylic acids is 1. The van der Waals surface area contributed by atoms with Gasteiger partial charge in [0.05, 0.1) is 11.8 Å². The summed E-state index contributed by atoms with van der Waals surface area (Å²) in [6.07, 6.45) is 0.486. The van der Waals surface area contributed by atoms with Crippen LogP contribution in [0.15, 0.2) is 60.8 Å². The lowest BCUT2D eigenvalue weighted by atomic mass is 10.1. The van der Waals surface area contributed by atoms with E-state index >= 15 is 0 Å². The van der Waals surface area contributed by atoms with Gasteiger partial charge in [-0.2, -0.15) is 5.10 Å². The average Bonchev–Trinajstić information content (AvgIpc) is 3.25. The third-order valence-corrected chi connectivity index (χ3v) is 4.23. The fraction of sp³-hybridized carbons (Fsp3) is 0.136. The van der Waals surface area contributed by atoms with E-state index in [0.29, 0.717) is 5.56 Å². The molecule has 3 aromatic rings. The van der Waals surface area contributed by atoms with Crippen molar-refractivity contribution >= 4 is 11.9 Å². The highest BCUT2D eigenvalue weighted by atomic mass is 16.4. The number of H-pyrrole nitrogens is 1. The first-order valence-electron chi connectivity index (χ1n) is 8.87. The molecule has 0 aliphatic rings. The fourth-order valence-electron chi connectivity index (χ4n) is 2.61. The molecule has 4 N–H and O–H groups in total. The van der Waals surface area contributed by atoms with Crippen LogP contribution in [0.5, 0.6) is 0 Å². The van der Waals surface area contributed by atoms with Gasteiger partial charge in [-0.1, -0.05) is 24.0 Å². The number of aromatic nitrogens is 2. The van der Waals surface area contributed by atoms with Crippen LogP contribution >= 0.6 is 0 Å². The summed E-state index contributed by atoms with van der Waals surface area (Å²) >= 11 is 0. The van der Waals surface area contributed by atoms with Crippen molar-refractivity contribution in [3.05, 3.63) is 77.5 Å². The summed E-state index contributed by atoms with van der Waals surface area (Å²) in [5.74, 6) is 4.21. The lowest BCUT2D eigenvalue weighted by Gasteiger charge is -2.16. The van der Waals surface area contributed by atoms with Gasteiger partial charge in [-0.05, 0) is 55.0 Å². The van der Waals surface area contributed by atoms with Gasteiger partial charge in [0.25, 0.3) is 5.91 Å². The number of rotatable bonds is 5. The Bertz CT molecular complexity index is 1040. The van der Waals surface area contributed by atoms with Crippen LogP contribution in [0, 0.1) is 11.8 Å². The van der Waals surface area contributed by atoms with Crippen molar-refractivity contribution in [3.8, 4) is 23.1 Å².